The summed E-state index contributed by atoms with van der Waals surface area (Å²) < 4.78 is 1.96. The Hall–Kier alpha value is -3.16. The van der Waals surface area contributed by atoms with Gasteiger partial charge in [-0.2, -0.15) is 0 Å². The smallest absolute Gasteiger partial charge is 0.243 e. The van der Waals surface area contributed by atoms with Crippen molar-refractivity contribution in [3.05, 3.63) is 35.0 Å². The molecule has 3 amide bonds. The average molecular weight is 519 g/mol. The Labute approximate surface area is 223 Å². The minimum absolute atomic E-state index is 0.00333. The Morgan fingerprint density at radius 1 is 1.05 bits per heavy atom. The molecule has 2 bridgehead atoms. The quantitative estimate of drug-likeness (QED) is 0.608. The van der Waals surface area contributed by atoms with Gasteiger partial charge in [0.1, 0.15) is 12.6 Å². The summed E-state index contributed by atoms with van der Waals surface area (Å²) in [6.07, 6.45) is 10.8. The first kappa shape index (κ1) is 25.1. The topological polar surface area (TPSA) is 101 Å². The van der Waals surface area contributed by atoms with Crippen molar-refractivity contribution in [2.45, 2.75) is 95.7 Å². The van der Waals surface area contributed by atoms with Crippen LogP contribution in [0.5, 0.6) is 0 Å². The van der Waals surface area contributed by atoms with Crippen LogP contribution in [0.4, 0.5) is 0 Å². The fourth-order valence-corrected chi connectivity index (χ4v) is 6.98. The van der Waals surface area contributed by atoms with Crippen molar-refractivity contribution in [3.63, 3.8) is 0 Å². The molecular formula is C30H38N4O4. The molecule has 1 aromatic carbocycles. The number of nitrogens with zero attached hydrogens (tertiary/aromatic N) is 2. The lowest BCUT2D eigenvalue weighted by Crippen LogP contribution is -2.48. The van der Waals surface area contributed by atoms with Gasteiger partial charge in [0.25, 0.3) is 0 Å². The van der Waals surface area contributed by atoms with Crippen LogP contribution in [-0.4, -0.2) is 58.6 Å². The van der Waals surface area contributed by atoms with Gasteiger partial charge >= 0.3 is 0 Å². The molecule has 3 fully saturated rings. The first-order valence-corrected chi connectivity index (χ1v) is 14.3. The third kappa shape index (κ3) is 4.41. The number of aryl methyl sites for hydroxylation is 1. The number of hydrogen-bond acceptors (Lipinski definition) is 4. The van der Waals surface area contributed by atoms with E-state index in [1.807, 2.05) is 10.8 Å². The maximum absolute atomic E-state index is 13.9. The van der Waals surface area contributed by atoms with Crippen molar-refractivity contribution in [2.75, 3.05) is 13.6 Å². The van der Waals surface area contributed by atoms with E-state index < -0.39 is 6.04 Å². The molecule has 8 nitrogen and oxygen atoms in total. The minimum Gasteiger partial charge on any atom is -0.357 e. The molecule has 2 aliphatic carbocycles. The van der Waals surface area contributed by atoms with Crippen molar-refractivity contribution in [3.8, 4) is 0 Å². The summed E-state index contributed by atoms with van der Waals surface area (Å²) in [6.45, 7) is 2.19. The molecule has 2 aromatic rings. The van der Waals surface area contributed by atoms with E-state index in [0.29, 0.717) is 30.9 Å². The SMILES string of the molecule is CNC(=O)[C@@H]1C[C@]23CNC(=O)CCCCCCc4cc(C5CC5)cc5c(C(C)=O)cn(c45)CC(=O)N1[C@@H]2C3. The molecule has 0 unspecified atom stereocenters. The van der Waals surface area contributed by atoms with E-state index in [9.17, 15) is 19.2 Å². The van der Waals surface area contributed by atoms with Crippen LogP contribution in [0.25, 0.3) is 10.9 Å². The number of carbonyl (C=O) groups is 4. The molecule has 4 aliphatic rings. The van der Waals surface area contributed by atoms with Crippen LogP contribution in [0.3, 0.4) is 0 Å². The Balaban J connectivity index is 1.41. The van der Waals surface area contributed by atoms with Gasteiger partial charge in [0.15, 0.2) is 5.78 Å². The fraction of sp³-hybridized carbons (Fsp3) is 0.600. The van der Waals surface area contributed by atoms with E-state index >= 15 is 0 Å². The number of carbonyl (C=O) groups excluding carboxylic acids is 4. The molecule has 6 rings (SSSR count). The predicted molar refractivity (Wildman–Crippen MR) is 144 cm³/mol. The third-order valence-electron chi connectivity index (χ3n) is 9.30. The normalized spacial score (nSPS) is 28.0. The summed E-state index contributed by atoms with van der Waals surface area (Å²) in [4.78, 5) is 53.8. The number of piperidine rings is 1. The lowest BCUT2D eigenvalue weighted by molar-refractivity contribution is -0.140. The number of nitrogens with one attached hydrogen (secondary N) is 2. The van der Waals surface area contributed by atoms with E-state index in [2.05, 4.69) is 22.8 Å². The molecule has 0 spiro atoms. The molecule has 3 heterocycles. The molecule has 38 heavy (non-hydrogen) atoms. The van der Waals surface area contributed by atoms with E-state index in [1.54, 1.807) is 18.9 Å². The van der Waals surface area contributed by atoms with Crippen LogP contribution in [-0.2, 0) is 27.3 Å². The lowest BCUT2D eigenvalue weighted by Gasteiger charge is -2.26. The van der Waals surface area contributed by atoms with Crippen LogP contribution >= 0.6 is 0 Å². The third-order valence-corrected chi connectivity index (χ3v) is 9.30. The van der Waals surface area contributed by atoms with Gasteiger partial charge < -0.3 is 20.1 Å². The highest BCUT2D eigenvalue weighted by Gasteiger charge is 2.66. The van der Waals surface area contributed by atoms with Gasteiger partial charge in [-0.3, -0.25) is 19.2 Å². The number of amides is 3. The van der Waals surface area contributed by atoms with Gasteiger partial charge in [0.2, 0.25) is 17.7 Å². The van der Waals surface area contributed by atoms with Gasteiger partial charge in [-0.25, -0.2) is 0 Å². The summed E-state index contributed by atoms with van der Waals surface area (Å²) in [5, 5.41) is 6.78. The Morgan fingerprint density at radius 3 is 2.53 bits per heavy atom. The number of Topliss-reactive ketones (excluding diaryl/α,β-unsaturated/α-hetero) is 1. The molecule has 1 saturated heterocycles. The zero-order valence-electron chi connectivity index (χ0n) is 22.5. The van der Waals surface area contributed by atoms with Crippen molar-refractivity contribution >= 4 is 34.4 Å². The van der Waals surface area contributed by atoms with Gasteiger partial charge in [-0.05, 0) is 75.0 Å². The number of aromatic nitrogens is 1. The highest BCUT2D eigenvalue weighted by atomic mass is 16.2. The number of hydrogen-bond donors (Lipinski definition) is 2. The van der Waals surface area contributed by atoms with E-state index in [-0.39, 0.29) is 41.5 Å². The van der Waals surface area contributed by atoms with Crippen molar-refractivity contribution < 1.29 is 19.2 Å². The number of ketones is 1. The predicted octanol–water partition coefficient (Wildman–Crippen LogP) is 3.45. The zero-order valence-corrected chi connectivity index (χ0v) is 22.5. The van der Waals surface area contributed by atoms with Crippen molar-refractivity contribution in [1.82, 2.24) is 20.1 Å². The van der Waals surface area contributed by atoms with E-state index in [0.717, 1.165) is 49.4 Å². The zero-order chi connectivity index (χ0) is 26.6. The maximum atomic E-state index is 13.9. The Bertz CT molecular complexity index is 1330. The van der Waals surface area contributed by atoms with Gasteiger partial charge in [-0.15, -0.1) is 0 Å². The molecule has 2 saturated carbocycles. The van der Waals surface area contributed by atoms with Crippen LogP contribution in [0.2, 0.25) is 0 Å². The second kappa shape index (κ2) is 9.54. The summed E-state index contributed by atoms with van der Waals surface area (Å²) in [5.74, 6) is 0.347. The molecule has 2 aliphatic heterocycles. The number of rotatable bonds is 3. The first-order valence-electron chi connectivity index (χ1n) is 14.3. The summed E-state index contributed by atoms with van der Waals surface area (Å²) in [5.41, 5.74) is 3.90. The van der Waals surface area contributed by atoms with Gasteiger partial charge in [-0.1, -0.05) is 18.9 Å². The number of likely N-dealkylation sites (N-methyl/N-ethyl adjacent to an activating group) is 1. The molecule has 2 N–H and O–H groups in total. The monoisotopic (exact) mass is 518 g/mol. The van der Waals surface area contributed by atoms with E-state index in [1.165, 1.54) is 24.0 Å². The molecule has 0 radical (unpaired) electrons. The molecular weight excluding hydrogens is 480 g/mol. The largest absolute Gasteiger partial charge is 0.357 e. The highest BCUT2D eigenvalue weighted by molar-refractivity contribution is 6.08. The Morgan fingerprint density at radius 2 is 1.82 bits per heavy atom. The second-order valence-electron chi connectivity index (χ2n) is 12.0. The highest BCUT2D eigenvalue weighted by Crippen LogP contribution is 2.59. The first-order chi connectivity index (χ1) is 18.3. The van der Waals surface area contributed by atoms with Crippen molar-refractivity contribution in [2.24, 2.45) is 5.41 Å². The molecule has 202 valence electrons. The van der Waals surface area contributed by atoms with Gasteiger partial charge in [0, 0.05) is 48.6 Å². The Kier molecular flexibility index (Phi) is 6.31. The lowest BCUT2D eigenvalue weighted by atomic mass is 9.96. The molecule has 8 heteroatoms. The second-order valence-corrected chi connectivity index (χ2v) is 12.0. The molecule has 1 aromatic heterocycles. The number of benzene rings is 1. The molecule has 3 atom stereocenters. The van der Waals surface area contributed by atoms with Crippen LogP contribution in [0.1, 0.15) is 92.1 Å². The summed E-state index contributed by atoms with van der Waals surface area (Å²) in [7, 11) is 1.60. The summed E-state index contributed by atoms with van der Waals surface area (Å²) >= 11 is 0. The standard InChI is InChI=1S/C30H38N4O4/c1-18(35)23-15-33-16-27(37)34-24(29(38)31-2)13-30(14-25(30)34)17-32-26(36)8-6-4-3-5-7-20-11-21(19-9-10-19)12-22(23)28(20)33/h11-12,15,19,24-25H,3-10,13-14,16-17H2,1-2H3,(H,31,38)(H,32,36)/t24-,25+,30-/m0/s1. The fourth-order valence-electron chi connectivity index (χ4n) is 6.98. The van der Waals surface area contributed by atoms with Gasteiger partial charge in [0.05, 0.1) is 5.52 Å². The minimum atomic E-state index is -0.544. The maximum Gasteiger partial charge on any atom is 0.243 e. The van der Waals surface area contributed by atoms with Crippen LogP contribution in [0, 0.1) is 5.41 Å². The van der Waals surface area contributed by atoms with Crippen LogP contribution in [0.15, 0.2) is 18.3 Å². The van der Waals surface area contributed by atoms with E-state index in [4.69, 9.17) is 0 Å². The van der Waals surface area contributed by atoms with Crippen LogP contribution < -0.4 is 10.6 Å². The summed E-state index contributed by atoms with van der Waals surface area (Å²) in [6, 6.07) is 3.87. The van der Waals surface area contributed by atoms with Crippen molar-refractivity contribution in [1.29, 1.82) is 0 Å². The average Bonchev–Trinajstić information content (AvgIpc) is 3.81.